The molecule has 4 rings (SSSR count). The van der Waals surface area contributed by atoms with Crippen LogP contribution in [0.2, 0.25) is 0 Å². The molecule has 2 aromatic carbocycles. The van der Waals surface area contributed by atoms with Crippen molar-refractivity contribution in [3.63, 3.8) is 0 Å². The number of benzene rings is 2. The van der Waals surface area contributed by atoms with E-state index in [1.165, 1.54) is 7.11 Å². The number of hydrogen-bond donors (Lipinski definition) is 2. The summed E-state index contributed by atoms with van der Waals surface area (Å²) in [5.74, 6) is -0.167. The Bertz CT molecular complexity index is 1090. The van der Waals surface area contributed by atoms with Crippen molar-refractivity contribution in [3.05, 3.63) is 64.7 Å². The van der Waals surface area contributed by atoms with Crippen LogP contribution < -0.4 is 15.9 Å². The molecule has 1 fully saturated rings. The summed E-state index contributed by atoms with van der Waals surface area (Å²) in [5, 5.41) is 4.03. The van der Waals surface area contributed by atoms with Crippen LogP contribution in [0.5, 0.6) is 0 Å². The van der Waals surface area contributed by atoms with Crippen molar-refractivity contribution >= 4 is 11.6 Å². The highest BCUT2D eigenvalue weighted by Crippen LogP contribution is 2.47. The molecule has 0 spiro atoms. The number of alkyl halides is 6. The van der Waals surface area contributed by atoms with E-state index in [9.17, 15) is 31.1 Å². The standard InChI is InChI=1S/C23H23F6N3O3/c1-34-10-9-20(33)30-19-8-5-14-11-17(6-7-18(14)19)32-13-21(35-31-32,23(27,28)29)15-3-2-4-16(12-15)22(24,25)26/h2-4,6-7,11-12,19,31H,5,8-10,13H2,1H3,(H,30,33). The van der Waals surface area contributed by atoms with Crippen molar-refractivity contribution < 1.29 is 40.7 Å². The minimum absolute atomic E-state index is 0.167. The third-order valence-electron chi connectivity index (χ3n) is 6.21. The highest BCUT2D eigenvalue weighted by atomic mass is 19.4. The smallest absolute Gasteiger partial charge is 0.384 e. The van der Waals surface area contributed by atoms with Gasteiger partial charge in [0.2, 0.25) is 11.5 Å². The van der Waals surface area contributed by atoms with E-state index in [0.29, 0.717) is 30.7 Å². The second kappa shape index (κ2) is 9.32. The number of carbonyl (C=O) groups is 1. The van der Waals surface area contributed by atoms with Crippen LogP contribution in [0.1, 0.15) is 41.1 Å². The molecule has 1 aliphatic heterocycles. The van der Waals surface area contributed by atoms with Gasteiger partial charge in [-0.2, -0.15) is 26.3 Å². The first kappa shape index (κ1) is 25.3. The van der Waals surface area contributed by atoms with Gasteiger partial charge < -0.3 is 10.1 Å². The predicted octanol–water partition coefficient (Wildman–Crippen LogP) is 4.56. The van der Waals surface area contributed by atoms with Crippen molar-refractivity contribution in [3.8, 4) is 0 Å². The molecule has 2 aromatic rings. The Kier molecular flexibility index (Phi) is 6.73. The van der Waals surface area contributed by atoms with Crippen molar-refractivity contribution in [1.29, 1.82) is 0 Å². The average molecular weight is 503 g/mol. The molecule has 0 radical (unpaired) electrons. The first-order valence-corrected chi connectivity index (χ1v) is 10.8. The number of nitrogens with zero attached hydrogens (tertiary/aromatic N) is 1. The molecule has 0 aromatic heterocycles. The van der Waals surface area contributed by atoms with Gasteiger partial charge in [0.1, 0.15) is 0 Å². The molecule has 35 heavy (non-hydrogen) atoms. The number of aryl methyl sites for hydroxylation is 1. The first-order valence-electron chi connectivity index (χ1n) is 10.8. The number of halogens is 6. The Balaban J connectivity index is 1.57. The number of carbonyl (C=O) groups excluding carboxylic acids is 1. The van der Waals surface area contributed by atoms with Crippen LogP contribution in [0, 0.1) is 0 Å². The molecule has 1 aliphatic carbocycles. The second-order valence-corrected chi connectivity index (χ2v) is 8.47. The lowest BCUT2D eigenvalue weighted by molar-refractivity contribution is -0.278. The summed E-state index contributed by atoms with van der Waals surface area (Å²) in [6, 6.07) is 7.82. The van der Waals surface area contributed by atoms with E-state index in [0.717, 1.165) is 28.3 Å². The Morgan fingerprint density at radius 1 is 1.20 bits per heavy atom. The van der Waals surface area contributed by atoms with Gasteiger partial charge in [-0.25, -0.2) is 0 Å². The average Bonchev–Trinajstić information content (AvgIpc) is 3.42. The number of nitrogens with one attached hydrogen (secondary N) is 2. The van der Waals surface area contributed by atoms with E-state index in [1.54, 1.807) is 18.2 Å². The van der Waals surface area contributed by atoms with E-state index in [2.05, 4.69) is 10.9 Å². The number of hydrogen-bond acceptors (Lipinski definition) is 5. The maximum atomic E-state index is 14.2. The second-order valence-electron chi connectivity index (χ2n) is 8.47. The van der Waals surface area contributed by atoms with Gasteiger partial charge in [-0.05, 0) is 53.8 Å². The van der Waals surface area contributed by atoms with Crippen LogP contribution in [0.25, 0.3) is 0 Å². The SMILES string of the molecule is COCCC(=O)NC1CCc2cc(N3CC(c4cccc(C(F)(F)F)c4)(C(F)(F)F)ON3)ccc21. The minimum atomic E-state index is -5.01. The van der Waals surface area contributed by atoms with Gasteiger partial charge in [0.05, 0.1) is 30.4 Å². The van der Waals surface area contributed by atoms with Gasteiger partial charge in [0.25, 0.3) is 0 Å². The molecule has 1 saturated heterocycles. The number of fused-ring (bicyclic) bond motifs is 1. The highest BCUT2D eigenvalue weighted by molar-refractivity contribution is 5.76. The zero-order valence-electron chi connectivity index (χ0n) is 18.6. The summed E-state index contributed by atoms with van der Waals surface area (Å²) in [5.41, 5.74) is -0.563. The molecule has 12 heteroatoms. The highest BCUT2D eigenvalue weighted by Gasteiger charge is 2.62. The Hall–Kier alpha value is -2.83. The van der Waals surface area contributed by atoms with Gasteiger partial charge in [-0.1, -0.05) is 18.2 Å². The number of anilines is 1. The van der Waals surface area contributed by atoms with E-state index in [-0.39, 0.29) is 25.0 Å². The number of hydrazine groups is 1. The maximum Gasteiger partial charge on any atom is 0.425 e. The zero-order chi connectivity index (χ0) is 25.4. The fourth-order valence-corrected chi connectivity index (χ4v) is 4.36. The Morgan fingerprint density at radius 2 is 1.97 bits per heavy atom. The summed E-state index contributed by atoms with van der Waals surface area (Å²) in [4.78, 5) is 17.0. The molecule has 1 amide bonds. The van der Waals surface area contributed by atoms with Crippen LogP contribution in [0.3, 0.4) is 0 Å². The summed E-state index contributed by atoms with van der Waals surface area (Å²) >= 11 is 0. The molecule has 2 atom stereocenters. The fourth-order valence-electron chi connectivity index (χ4n) is 4.36. The molecule has 2 unspecified atom stereocenters. The van der Waals surface area contributed by atoms with Crippen molar-refractivity contribution in [1.82, 2.24) is 10.9 Å². The quantitative estimate of drug-likeness (QED) is 0.566. The largest absolute Gasteiger partial charge is 0.425 e. The summed E-state index contributed by atoms with van der Waals surface area (Å²) < 4.78 is 86.8. The normalized spacial score (nSPS) is 22.4. The molecule has 190 valence electrons. The monoisotopic (exact) mass is 503 g/mol. The van der Waals surface area contributed by atoms with Gasteiger partial charge in [-0.15, -0.1) is 5.59 Å². The van der Waals surface area contributed by atoms with Crippen LogP contribution >= 0.6 is 0 Å². The molecular formula is C23H23F6N3O3. The lowest BCUT2D eigenvalue weighted by atomic mass is 9.91. The lowest BCUT2D eigenvalue weighted by Crippen LogP contribution is -2.46. The van der Waals surface area contributed by atoms with Gasteiger partial charge in [0.15, 0.2) is 0 Å². The maximum absolute atomic E-state index is 14.2. The molecule has 0 saturated carbocycles. The number of rotatable bonds is 6. The van der Waals surface area contributed by atoms with Crippen molar-refractivity contribution in [2.24, 2.45) is 0 Å². The van der Waals surface area contributed by atoms with Crippen molar-refractivity contribution in [2.45, 2.75) is 43.3 Å². The van der Waals surface area contributed by atoms with Crippen LogP contribution in [0.4, 0.5) is 32.0 Å². The third-order valence-corrected chi connectivity index (χ3v) is 6.21. The molecule has 0 bridgehead atoms. The van der Waals surface area contributed by atoms with Gasteiger partial charge in [-0.3, -0.25) is 14.6 Å². The predicted molar refractivity (Wildman–Crippen MR) is 113 cm³/mol. The van der Waals surface area contributed by atoms with E-state index >= 15 is 0 Å². The molecule has 2 N–H and O–H groups in total. The van der Waals surface area contributed by atoms with E-state index in [1.807, 2.05) is 0 Å². The molecule has 2 aliphatic rings. The van der Waals surface area contributed by atoms with Crippen molar-refractivity contribution in [2.75, 3.05) is 25.3 Å². The van der Waals surface area contributed by atoms with Crippen LogP contribution in [-0.4, -0.2) is 32.3 Å². The van der Waals surface area contributed by atoms with E-state index in [4.69, 9.17) is 9.57 Å². The minimum Gasteiger partial charge on any atom is -0.384 e. The topological polar surface area (TPSA) is 62.8 Å². The van der Waals surface area contributed by atoms with Crippen LogP contribution in [0.15, 0.2) is 42.5 Å². The number of amides is 1. The lowest BCUT2D eigenvalue weighted by Gasteiger charge is -2.29. The molecular weight excluding hydrogens is 480 g/mol. The van der Waals surface area contributed by atoms with E-state index < -0.39 is 35.6 Å². The first-order chi connectivity index (χ1) is 16.4. The summed E-state index contributed by atoms with van der Waals surface area (Å²) in [6.07, 6.45) is -8.36. The number of methoxy groups -OCH3 is 1. The molecule has 6 nitrogen and oxygen atoms in total. The Morgan fingerprint density at radius 3 is 2.66 bits per heavy atom. The fraction of sp³-hybridized carbons (Fsp3) is 0.435. The zero-order valence-corrected chi connectivity index (χ0v) is 18.6. The summed E-state index contributed by atoms with van der Waals surface area (Å²) in [6.45, 7) is -0.508. The third kappa shape index (κ3) is 4.95. The van der Waals surface area contributed by atoms with Crippen LogP contribution in [-0.2, 0) is 32.6 Å². The molecule has 1 heterocycles. The summed E-state index contributed by atoms with van der Waals surface area (Å²) in [7, 11) is 1.50. The Labute approximate surface area is 197 Å². The van der Waals surface area contributed by atoms with Gasteiger partial charge >= 0.3 is 12.4 Å². The number of ether oxygens (including phenoxy) is 1. The van der Waals surface area contributed by atoms with Gasteiger partial charge in [0, 0.05) is 13.5 Å².